The monoisotopic (exact) mass is 187 g/mol. The Bertz CT molecular complexity index is 178. The summed E-state index contributed by atoms with van der Waals surface area (Å²) in [6, 6.07) is 0. The lowest BCUT2D eigenvalue weighted by atomic mass is 10.4. The molecule has 0 radical (unpaired) electrons. The Morgan fingerprint density at radius 2 is 1.92 bits per heavy atom. The second-order valence-electron chi connectivity index (χ2n) is 3.93. The molecule has 2 fully saturated rings. The van der Waals surface area contributed by atoms with E-state index in [1.165, 1.54) is 0 Å². The minimum Gasteiger partial charge on any atom is -0.379 e. The molecule has 0 aromatic rings. The van der Waals surface area contributed by atoms with Crippen molar-refractivity contribution in [2.75, 3.05) is 32.9 Å². The molecule has 0 amide bonds. The van der Waals surface area contributed by atoms with E-state index in [0.717, 1.165) is 26.3 Å². The lowest BCUT2D eigenvalue weighted by Crippen LogP contribution is -2.45. The van der Waals surface area contributed by atoms with Crippen molar-refractivity contribution in [2.24, 2.45) is 0 Å². The number of hydrogen-bond donors (Lipinski definition) is 0. The summed E-state index contributed by atoms with van der Waals surface area (Å²) in [6.07, 6.45) is 0.124. The van der Waals surface area contributed by atoms with E-state index < -0.39 is 5.79 Å². The molecule has 13 heavy (non-hydrogen) atoms. The Morgan fingerprint density at radius 1 is 1.23 bits per heavy atom. The van der Waals surface area contributed by atoms with E-state index in [1.807, 2.05) is 13.8 Å². The van der Waals surface area contributed by atoms with Crippen LogP contribution in [0.3, 0.4) is 0 Å². The zero-order valence-corrected chi connectivity index (χ0v) is 8.28. The molecule has 0 saturated carbocycles. The zero-order chi connectivity index (χ0) is 9.31. The van der Waals surface area contributed by atoms with E-state index in [2.05, 4.69) is 4.90 Å². The highest BCUT2D eigenvalue weighted by Crippen LogP contribution is 2.24. The molecule has 76 valence electrons. The molecule has 0 bridgehead atoms. The van der Waals surface area contributed by atoms with Gasteiger partial charge in [-0.1, -0.05) is 0 Å². The normalized spacial score (nSPS) is 35.1. The second-order valence-corrected chi connectivity index (χ2v) is 3.93. The summed E-state index contributed by atoms with van der Waals surface area (Å²) in [6.45, 7) is 8.09. The number of hydrogen-bond acceptors (Lipinski definition) is 4. The maximum absolute atomic E-state index is 5.74. The van der Waals surface area contributed by atoms with Crippen LogP contribution in [-0.2, 0) is 14.2 Å². The summed E-state index contributed by atoms with van der Waals surface area (Å²) < 4.78 is 16.5. The first-order valence-corrected chi connectivity index (χ1v) is 4.81. The van der Waals surface area contributed by atoms with Crippen molar-refractivity contribution in [2.45, 2.75) is 25.9 Å². The highest BCUT2D eigenvalue weighted by atomic mass is 16.8. The van der Waals surface area contributed by atoms with Gasteiger partial charge in [-0.15, -0.1) is 0 Å². The Labute approximate surface area is 78.7 Å². The van der Waals surface area contributed by atoms with Crippen molar-refractivity contribution in [1.29, 1.82) is 0 Å². The Kier molecular flexibility index (Phi) is 2.55. The van der Waals surface area contributed by atoms with Gasteiger partial charge in [-0.05, 0) is 13.8 Å². The van der Waals surface area contributed by atoms with Crippen LogP contribution in [0.25, 0.3) is 0 Å². The second kappa shape index (κ2) is 3.53. The van der Waals surface area contributed by atoms with Crippen LogP contribution in [0.15, 0.2) is 0 Å². The SMILES string of the molecule is CC1(C)OCC(N2CCOCC2)O1. The molecule has 0 aromatic carbocycles. The van der Waals surface area contributed by atoms with E-state index in [0.29, 0.717) is 6.61 Å². The summed E-state index contributed by atoms with van der Waals surface area (Å²) in [5.74, 6) is -0.414. The molecule has 4 heteroatoms. The summed E-state index contributed by atoms with van der Waals surface area (Å²) in [4.78, 5) is 2.28. The average molecular weight is 187 g/mol. The minimum absolute atomic E-state index is 0.124. The van der Waals surface area contributed by atoms with Gasteiger partial charge < -0.3 is 14.2 Å². The molecule has 2 aliphatic heterocycles. The first-order valence-electron chi connectivity index (χ1n) is 4.81. The molecule has 1 unspecified atom stereocenters. The van der Waals surface area contributed by atoms with E-state index in [4.69, 9.17) is 14.2 Å². The molecule has 0 aliphatic carbocycles. The third-order valence-electron chi connectivity index (χ3n) is 2.45. The fraction of sp³-hybridized carbons (Fsp3) is 1.00. The maximum atomic E-state index is 5.74. The Balaban J connectivity index is 1.87. The van der Waals surface area contributed by atoms with Crippen molar-refractivity contribution in [3.05, 3.63) is 0 Å². The van der Waals surface area contributed by atoms with E-state index >= 15 is 0 Å². The fourth-order valence-corrected chi connectivity index (χ4v) is 1.71. The molecule has 0 aromatic heterocycles. The number of ether oxygens (including phenoxy) is 3. The molecule has 4 nitrogen and oxygen atoms in total. The van der Waals surface area contributed by atoms with Crippen molar-refractivity contribution >= 4 is 0 Å². The van der Waals surface area contributed by atoms with Gasteiger partial charge in [-0.3, -0.25) is 4.90 Å². The molecule has 2 heterocycles. The van der Waals surface area contributed by atoms with Crippen LogP contribution in [0, 0.1) is 0 Å². The summed E-state index contributed by atoms with van der Waals surface area (Å²) in [7, 11) is 0. The molecule has 0 spiro atoms. The standard InChI is InChI=1S/C9H17NO3/c1-9(2)12-7-8(13-9)10-3-5-11-6-4-10/h8H,3-7H2,1-2H3. The van der Waals surface area contributed by atoms with Crippen LogP contribution in [0.5, 0.6) is 0 Å². The Hall–Kier alpha value is -0.160. The van der Waals surface area contributed by atoms with Gasteiger partial charge >= 0.3 is 0 Å². The Morgan fingerprint density at radius 3 is 2.46 bits per heavy atom. The van der Waals surface area contributed by atoms with Crippen LogP contribution in [0.4, 0.5) is 0 Å². The predicted octanol–water partition coefficient (Wildman–Crippen LogP) is 0.428. The highest BCUT2D eigenvalue weighted by molar-refractivity contribution is 4.74. The largest absolute Gasteiger partial charge is 0.379 e. The van der Waals surface area contributed by atoms with Gasteiger partial charge in [0.25, 0.3) is 0 Å². The molecule has 2 rings (SSSR count). The van der Waals surface area contributed by atoms with Gasteiger partial charge in [0, 0.05) is 13.1 Å². The van der Waals surface area contributed by atoms with Gasteiger partial charge in [-0.25, -0.2) is 0 Å². The van der Waals surface area contributed by atoms with Gasteiger partial charge in [0.2, 0.25) is 0 Å². The van der Waals surface area contributed by atoms with E-state index in [1.54, 1.807) is 0 Å². The molecule has 1 atom stereocenters. The third kappa shape index (κ3) is 2.20. The van der Waals surface area contributed by atoms with Crippen molar-refractivity contribution in [1.82, 2.24) is 4.90 Å². The lowest BCUT2D eigenvalue weighted by molar-refractivity contribution is -0.166. The van der Waals surface area contributed by atoms with Gasteiger partial charge in [0.15, 0.2) is 5.79 Å². The van der Waals surface area contributed by atoms with Crippen LogP contribution in [-0.4, -0.2) is 49.8 Å². The zero-order valence-electron chi connectivity index (χ0n) is 8.28. The van der Waals surface area contributed by atoms with Crippen LogP contribution in [0.1, 0.15) is 13.8 Å². The number of morpholine rings is 1. The van der Waals surface area contributed by atoms with Crippen molar-refractivity contribution in [3.8, 4) is 0 Å². The number of nitrogens with zero attached hydrogens (tertiary/aromatic N) is 1. The molecule has 2 saturated heterocycles. The van der Waals surface area contributed by atoms with E-state index in [9.17, 15) is 0 Å². The topological polar surface area (TPSA) is 30.9 Å². The van der Waals surface area contributed by atoms with E-state index in [-0.39, 0.29) is 6.23 Å². The van der Waals surface area contributed by atoms with Gasteiger partial charge in [-0.2, -0.15) is 0 Å². The highest BCUT2D eigenvalue weighted by Gasteiger charge is 2.36. The minimum atomic E-state index is -0.414. The van der Waals surface area contributed by atoms with Crippen molar-refractivity contribution < 1.29 is 14.2 Å². The molecular formula is C9H17NO3. The average Bonchev–Trinajstić information content (AvgIpc) is 2.48. The van der Waals surface area contributed by atoms with Gasteiger partial charge in [0.1, 0.15) is 6.23 Å². The van der Waals surface area contributed by atoms with Crippen molar-refractivity contribution in [3.63, 3.8) is 0 Å². The van der Waals surface area contributed by atoms with Crippen LogP contribution in [0.2, 0.25) is 0 Å². The molecule has 2 aliphatic rings. The van der Waals surface area contributed by atoms with Crippen LogP contribution < -0.4 is 0 Å². The summed E-state index contributed by atoms with van der Waals surface area (Å²) in [5.41, 5.74) is 0. The lowest BCUT2D eigenvalue weighted by Gasteiger charge is -2.31. The van der Waals surface area contributed by atoms with Crippen LogP contribution >= 0.6 is 0 Å². The predicted molar refractivity (Wildman–Crippen MR) is 47.3 cm³/mol. The quantitative estimate of drug-likeness (QED) is 0.595. The van der Waals surface area contributed by atoms with Gasteiger partial charge in [0.05, 0.1) is 19.8 Å². The fourth-order valence-electron chi connectivity index (χ4n) is 1.71. The molecular weight excluding hydrogens is 170 g/mol. The first-order chi connectivity index (χ1) is 6.17. The summed E-state index contributed by atoms with van der Waals surface area (Å²) >= 11 is 0. The smallest absolute Gasteiger partial charge is 0.165 e. The first kappa shape index (κ1) is 9.40. The third-order valence-corrected chi connectivity index (χ3v) is 2.45. The maximum Gasteiger partial charge on any atom is 0.165 e. The number of rotatable bonds is 1. The molecule has 0 N–H and O–H groups in total. The summed E-state index contributed by atoms with van der Waals surface area (Å²) in [5, 5.41) is 0.